The highest BCUT2D eigenvalue weighted by Crippen LogP contribution is 2.18. The second-order valence-electron chi connectivity index (χ2n) is 3.00. The minimum absolute atomic E-state index is 0. The molecule has 0 spiro atoms. The van der Waals surface area contributed by atoms with Crippen LogP contribution >= 0.6 is 12.4 Å². The number of hydrogen-bond donors (Lipinski definition) is 2. The number of rotatable bonds is 7. The van der Waals surface area contributed by atoms with E-state index in [-0.39, 0.29) is 19.0 Å². The van der Waals surface area contributed by atoms with Gasteiger partial charge in [0.15, 0.2) is 0 Å². The second-order valence-corrected chi connectivity index (χ2v) is 3.00. The lowest BCUT2D eigenvalue weighted by molar-refractivity contribution is 0.275. The van der Waals surface area contributed by atoms with Crippen LogP contribution in [0.2, 0.25) is 0 Å². The molecule has 0 unspecified atom stereocenters. The molecule has 0 saturated carbocycles. The molecule has 16 heavy (non-hydrogen) atoms. The van der Waals surface area contributed by atoms with E-state index in [2.05, 4.69) is 5.32 Å². The Bertz CT molecular complexity index is 284. The molecule has 0 aliphatic heterocycles. The lowest BCUT2D eigenvalue weighted by Gasteiger charge is -2.07. The number of aliphatic hydroxyl groups excluding tert-OH is 1. The van der Waals surface area contributed by atoms with E-state index in [9.17, 15) is 0 Å². The third-order valence-corrected chi connectivity index (χ3v) is 1.88. The van der Waals surface area contributed by atoms with Crippen molar-refractivity contribution in [3.8, 4) is 11.5 Å². The Morgan fingerprint density at radius 2 is 2.00 bits per heavy atom. The van der Waals surface area contributed by atoms with Crippen molar-refractivity contribution < 1.29 is 14.6 Å². The summed E-state index contributed by atoms with van der Waals surface area (Å²) in [5.41, 5.74) is 0. The quantitative estimate of drug-likeness (QED) is 0.708. The van der Waals surface area contributed by atoms with Gasteiger partial charge in [-0.3, -0.25) is 0 Å². The topological polar surface area (TPSA) is 50.7 Å². The van der Waals surface area contributed by atoms with Crippen LogP contribution in [0.1, 0.15) is 0 Å². The Kier molecular flexibility index (Phi) is 8.71. The molecule has 0 aliphatic rings. The molecule has 0 fully saturated rings. The van der Waals surface area contributed by atoms with Crippen LogP contribution in [0.25, 0.3) is 0 Å². The summed E-state index contributed by atoms with van der Waals surface area (Å²) in [5, 5.41) is 11.6. The highest BCUT2D eigenvalue weighted by atomic mass is 35.5. The summed E-state index contributed by atoms with van der Waals surface area (Å²) in [4.78, 5) is 0. The van der Waals surface area contributed by atoms with Crippen LogP contribution in [0.15, 0.2) is 24.3 Å². The molecule has 0 heterocycles. The average Bonchev–Trinajstić information content (AvgIpc) is 2.29. The first-order valence-corrected chi connectivity index (χ1v) is 4.95. The van der Waals surface area contributed by atoms with E-state index in [0.29, 0.717) is 13.2 Å². The first-order valence-electron chi connectivity index (χ1n) is 4.95. The predicted molar refractivity (Wildman–Crippen MR) is 65.7 cm³/mol. The van der Waals surface area contributed by atoms with Crippen molar-refractivity contribution in [3.05, 3.63) is 24.3 Å². The van der Waals surface area contributed by atoms with Gasteiger partial charge in [0.05, 0.1) is 13.7 Å². The van der Waals surface area contributed by atoms with Gasteiger partial charge in [0.1, 0.15) is 18.1 Å². The molecular weight excluding hydrogens is 230 g/mol. The van der Waals surface area contributed by atoms with E-state index in [1.807, 2.05) is 24.3 Å². The molecule has 0 atom stereocenters. The van der Waals surface area contributed by atoms with E-state index in [1.54, 1.807) is 7.11 Å². The van der Waals surface area contributed by atoms with Crippen molar-refractivity contribution in [3.63, 3.8) is 0 Å². The van der Waals surface area contributed by atoms with E-state index < -0.39 is 0 Å². The molecular formula is C11H18ClNO3. The van der Waals surface area contributed by atoms with Crippen molar-refractivity contribution in [2.75, 3.05) is 33.4 Å². The third kappa shape index (κ3) is 5.80. The summed E-state index contributed by atoms with van der Waals surface area (Å²) in [5.74, 6) is 1.58. The van der Waals surface area contributed by atoms with E-state index >= 15 is 0 Å². The maximum atomic E-state index is 8.53. The number of hydrogen-bond acceptors (Lipinski definition) is 4. The molecule has 2 N–H and O–H groups in total. The summed E-state index contributed by atoms with van der Waals surface area (Å²) in [6.07, 6.45) is 0. The summed E-state index contributed by atoms with van der Waals surface area (Å²) in [7, 11) is 1.63. The lowest BCUT2D eigenvalue weighted by Crippen LogP contribution is -2.23. The molecule has 0 radical (unpaired) electrons. The molecule has 0 amide bonds. The summed E-state index contributed by atoms with van der Waals surface area (Å²) < 4.78 is 10.5. The van der Waals surface area contributed by atoms with Gasteiger partial charge in [-0.15, -0.1) is 12.4 Å². The maximum Gasteiger partial charge on any atom is 0.123 e. The fourth-order valence-corrected chi connectivity index (χ4v) is 1.14. The smallest absolute Gasteiger partial charge is 0.123 e. The molecule has 1 aromatic carbocycles. The van der Waals surface area contributed by atoms with Gasteiger partial charge in [-0.2, -0.15) is 0 Å². The van der Waals surface area contributed by atoms with E-state index in [1.165, 1.54) is 0 Å². The van der Waals surface area contributed by atoms with Gasteiger partial charge < -0.3 is 19.9 Å². The highest BCUT2D eigenvalue weighted by Gasteiger charge is 1.95. The second kappa shape index (κ2) is 9.27. The summed E-state index contributed by atoms with van der Waals surface area (Å²) in [6.45, 7) is 2.05. The van der Waals surface area contributed by atoms with E-state index in [0.717, 1.165) is 18.0 Å². The van der Waals surface area contributed by atoms with Crippen LogP contribution in [0, 0.1) is 0 Å². The fraction of sp³-hybridized carbons (Fsp3) is 0.455. The zero-order chi connectivity index (χ0) is 10.9. The molecule has 0 aliphatic carbocycles. The van der Waals surface area contributed by atoms with Gasteiger partial charge >= 0.3 is 0 Å². The Morgan fingerprint density at radius 3 is 2.69 bits per heavy atom. The lowest BCUT2D eigenvalue weighted by atomic mass is 10.3. The summed E-state index contributed by atoms with van der Waals surface area (Å²) >= 11 is 0. The standard InChI is InChI=1S/C11H17NO3.ClH/c1-14-10-3-2-4-11(9-10)15-8-6-12-5-7-13;/h2-4,9,12-13H,5-8H2,1H3;1H. The van der Waals surface area contributed by atoms with Crippen LogP contribution in [0.5, 0.6) is 11.5 Å². The van der Waals surface area contributed by atoms with Gasteiger partial charge in [-0.05, 0) is 12.1 Å². The monoisotopic (exact) mass is 247 g/mol. The van der Waals surface area contributed by atoms with Crippen LogP contribution in [-0.2, 0) is 0 Å². The molecule has 0 bridgehead atoms. The molecule has 0 saturated heterocycles. The van der Waals surface area contributed by atoms with Gasteiger partial charge in [-0.25, -0.2) is 0 Å². The molecule has 4 nitrogen and oxygen atoms in total. The van der Waals surface area contributed by atoms with Gasteiger partial charge in [-0.1, -0.05) is 6.07 Å². The molecule has 0 aromatic heterocycles. The van der Waals surface area contributed by atoms with Gasteiger partial charge in [0, 0.05) is 19.2 Å². The minimum Gasteiger partial charge on any atom is -0.497 e. The zero-order valence-electron chi connectivity index (χ0n) is 9.31. The number of benzene rings is 1. The molecule has 5 heteroatoms. The maximum absolute atomic E-state index is 8.53. The SMILES string of the molecule is COc1cccc(OCCNCCO)c1.Cl. The first-order chi connectivity index (χ1) is 7.36. The molecule has 92 valence electrons. The Hall–Kier alpha value is -0.970. The predicted octanol–water partition coefficient (Wildman–Crippen LogP) is 1.08. The number of nitrogens with one attached hydrogen (secondary N) is 1. The summed E-state index contributed by atoms with van der Waals surface area (Å²) in [6, 6.07) is 7.48. The zero-order valence-corrected chi connectivity index (χ0v) is 10.1. The highest BCUT2D eigenvalue weighted by molar-refractivity contribution is 5.85. The minimum atomic E-state index is 0. The number of aliphatic hydroxyl groups is 1. The fourth-order valence-electron chi connectivity index (χ4n) is 1.14. The van der Waals surface area contributed by atoms with Crippen molar-refractivity contribution in [1.82, 2.24) is 5.32 Å². The molecule has 1 aromatic rings. The Balaban J connectivity index is 0.00000225. The van der Waals surface area contributed by atoms with Crippen molar-refractivity contribution in [2.45, 2.75) is 0 Å². The van der Waals surface area contributed by atoms with Crippen molar-refractivity contribution in [1.29, 1.82) is 0 Å². The van der Waals surface area contributed by atoms with Crippen molar-refractivity contribution >= 4 is 12.4 Å². The number of methoxy groups -OCH3 is 1. The van der Waals surface area contributed by atoms with Crippen LogP contribution in [0.3, 0.4) is 0 Å². The van der Waals surface area contributed by atoms with Crippen molar-refractivity contribution in [2.24, 2.45) is 0 Å². The van der Waals surface area contributed by atoms with Crippen LogP contribution in [-0.4, -0.2) is 38.5 Å². The Morgan fingerprint density at radius 1 is 1.25 bits per heavy atom. The van der Waals surface area contributed by atoms with E-state index in [4.69, 9.17) is 14.6 Å². The molecule has 1 rings (SSSR count). The third-order valence-electron chi connectivity index (χ3n) is 1.88. The van der Waals surface area contributed by atoms with Gasteiger partial charge in [0.25, 0.3) is 0 Å². The van der Waals surface area contributed by atoms with Crippen LogP contribution in [0.4, 0.5) is 0 Å². The van der Waals surface area contributed by atoms with Crippen LogP contribution < -0.4 is 14.8 Å². The number of halogens is 1. The van der Waals surface area contributed by atoms with Gasteiger partial charge in [0.2, 0.25) is 0 Å². The first kappa shape index (κ1) is 15.0. The normalized spacial score (nSPS) is 9.38. The Labute approximate surface area is 102 Å². The number of ether oxygens (including phenoxy) is 2. The largest absolute Gasteiger partial charge is 0.497 e. The average molecular weight is 248 g/mol.